The fourth-order valence-electron chi connectivity index (χ4n) is 2.37. The second-order valence-corrected chi connectivity index (χ2v) is 5.74. The average molecular weight is 464 g/mol. The van der Waals surface area contributed by atoms with Crippen LogP contribution in [0.4, 0.5) is 9.18 Å². The van der Waals surface area contributed by atoms with Crippen molar-refractivity contribution in [3.8, 4) is 0 Å². The van der Waals surface area contributed by atoms with E-state index in [4.69, 9.17) is 4.74 Å². The lowest BCUT2D eigenvalue weighted by molar-refractivity contribution is 0.146. The van der Waals surface area contributed by atoms with Gasteiger partial charge in [0.25, 0.3) is 0 Å². The fraction of sp³-hybridized carbons (Fsp3) is 0.529. The minimum atomic E-state index is -0.384. The summed E-state index contributed by atoms with van der Waals surface area (Å²) in [5, 5.41) is 9.28. The maximum absolute atomic E-state index is 12.9. The lowest BCUT2D eigenvalue weighted by Gasteiger charge is -2.20. The Hall–Kier alpha value is -1.58. The molecule has 1 aromatic rings. The third-order valence-electron chi connectivity index (χ3n) is 3.86. The Morgan fingerprint density at radius 2 is 2.00 bits per heavy atom. The van der Waals surface area contributed by atoms with Crippen LogP contribution in [0.15, 0.2) is 29.3 Å². The van der Waals surface area contributed by atoms with Crippen LogP contribution in [-0.4, -0.2) is 38.3 Å². The van der Waals surface area contributed by atoms with Crippen molar-refractivity contribution in [1.82, 2.24) is 16.0 Å². The average Bonchev–Trinajstić information content (AvgIpc) is 3.40. The van der Waals surface area contributed by atoms with E-state index in [1.54, 1.807) is 26.1 Å². The first kappa shape index (κ1) is 21.5. The highest BCUT2D eigenvalue weighted by atomic mass is 127. The molecule has 1 atom stereocenters. The quantitative estimate of drug-likeness (QED) is 0.330. The Kier molecular flexibility index (Phi) is 9.54. The summed E-state index contributed by atoms with van der Waals surface area (Å²) in [5.74, 6) is 0.867. The van der Waals surface area contributed by atoms with Gasteiger partial charge >= 0.3 is 6.09 Å². The smallest absolute Gasteiger partial charge is 0.407 e. The van der Waals surface area contributed by atoms with Gasteiger partial charge in [-0.15, -0.1) is 24.0 Å². The number of carbonyl (C=O) groups excluding carboxylic acids is 1. The molecule has 6 nitrogen and oxygen atoms in total. The molecule has 140 valence electrons. The minimum Gasteiger partial charge on any atom is -0.450 e. The Labute approximate surface area is 165 Å². The number of aliphatic imine (C=N–C) groups is 1. The number of halogens is 2. The van der Waals surface area contributed by atoms with Gasteiger partial charge in [0.2, 0.25) is 0 Å². The number of guanidine groups is 1. The zero-order chi connectivity index (χ0) is 17.4. The normalized spacial score (nSPS) is 14.9. The van der Waals surface area contributed by atoms with Gasteiger partial charge in [-0.2, -0.15) is 0 Å². The zero-order valence-corrected chi connectivity index (χ0v) is 16.9. The summed E-state index contributed by atoms with van der Waals surface area (Å²) in [6.45, 7) is 3.26. The zero-order valence-electron chi connectivity index (χ0n) is 14.5. The number of hydrogen-bond acceptors (Lipinski definition) is 3. The molecule has 0 bridgehead atoms. The van der Waals surface area contributed by atoms with Gasteiger partial charge in [0, 0.05) is 20.1 Å². The Bertz CT molecular complexity index is 564. The summed E-state index contributed by atoms with van der Waals surface area (Å²) < 4.78 is 17.8. The highest BCUT2D eigenvalue weighted by molar-refractivity contribution is 14.0. The van der Waals surface area contributed by atoms with E-state index < -0.39 is 0 Å². The van der Waals surface area contributed by atoms with Gasteiger partial charge in [-0.3, -0.25) is 4.99 Å². The third kappa shape index (κ3) is 7.89. The number of ether oxygens (including phenoxy) is 1. The van der Waals surface area contributed by atoms with E-state index in [0.29, 0.717) is 31.6 Å². The van der Waals surface area contributed by atoms with Crippen LogP contribution in [0.25, 0.3) is 0 Å². The van der Waals surface area contributed by atoms with Crippen LogP contribution in [0, 0.1) is 11.7 Å². The first-order valence-electron chi connectivity index (χ1n) is 8.24. The largest absolute Gasteiger partial charge is 0.450 e. The van der Waals surface area contributed by atoms with E-state index in [1.807, 2.05) is 0 Å². The molecular formula is C17H26FIN4O2. The highest BCUT2D eigenvalue weighted by Gasteiger charge is 2.32. The van der Waals surface area contributed by atoms with Crippen molar-refractivity contribution in [2.75, 3.05) is 20.2 Å². The molecule has 0 heterocycles. The monoisotopic (exact) mass is 464 g/mol. The molecule has 0 aliphatic heterocycles. The van der Waals surface area contributed by atoms with Gasteiger partial charge in [-0.1, -0.05) is 12.1 Å². The standard InChI is InChI=1S/C17H25FN4O2.HI/c1-3-24-17(23)22-15(13-6-7-13)11-21-16(19-2)20-10-12-4-8-14(18)9-5-12;/h4-5,8-9,13,15H,3,6-7,10-11H2,1-2H3,(H,22,23)(H2,19,20,21);1H. The summed E-state index contributed by atoms with van der Waals surface area (Å²) in [5.41, 5.74) is 0.961. The van der Waals surface area contributed by atoms with Gasteiger partial charge in [-0.05, 0) is 43.4 Å². The third-order valence-corrected chi connectivity index (χ3v) is 3.86. The van der Waals surface area contributed by atoms with Crippen LogP contribution in [0.3, 0.4) is 0 Å². The van der Waals surface area contributed by atoms with Crippen LogP contribution >= 0.6 is 24.0 Å². The molecule has 1 aromatic carbocycles. The molecular weight excluding hydrogens is 438 g/mol. The number of alkyl carbamates (subject to hydrolysis) is 1. The van der Waals surface area contributed by atoms with Gasteiger partial charge in [0.05, 0.1) is 12.6 Å². The molecule has 1 fully saturated rings. The highest BCUT2D eigenvalue weighted by Crippen LogP contribution is 2.32. The second-order valence-electron chi connectivity index (χ2n) is 5.74. The lowest BCUT2D eigenvalue weighted by atomic mass is 10.2. The molecule has 1 unspecified atom stereocenters. The molecule has 0 spiro atoms. The number of hydrogen-bond donors (Lipinski definition) is 3. The molecule has 1 aliphatic carbocycles. The van der Waals surface area contributed by atoms with E-state index >= 15 is 0 Å². The summed E-state index contributed by atoms with van der Waals surface area (Å²) >= 11 is 0. The molecule has 25 heavy (non-hydrogen) atoms. The maximum atomic E-state index is 12.9. The fourth-order valence-corrected chi connectivity index (χ4v) is 2.37. The van der Waals surface area contributed by atoms with Gasteiger partial charge in [0.15, 0.2) is 5.96 Å². The molecule has 1 saturated carbocycles. The summed E-state index contributed by atoms with van der Waals surface area (Å²) in [4.78, 5) is 15.8. The van der Waals surface area contributed by atoms with E-state index in [-0.39, 0.29) is 41.9 Å². The molecule has 2 rings (SSSR count). The molecule has 1 aliphatic rings. The van der Waals surface area contributed by atoms with E-state index in [9.17, 15) is 9.18 Å². The van der Waals surface area contributed by atoms with Gasteiger partial charge in [-0.25, -0.2) is 9.18 Å². The topological polar surface area (TPSA) is 74.8 Å². The van der Waals surface area contributed by atoms with Crippen LogP contribution < -0.4 is 16.0 Å². The van der Waals surface area contributed by atoms with Crippen molar-refractivity contribution < 1.29 is 13.9 Å². The molecule has 0 radical (unpaired) electrons. The molecule has 3 N–H and O–H groups in total. The molecule has 0 aromatic heterocycles. The van der Waals surface area contributed by atoms with E-state index in [1.165, 1.54) is 12.1 Å². The first-order valence-corrected chi connectivity index (χ1v) is 8.24. The minimum absolute atomic E-state index is 0. The van der Waals surface area contributed by atoms with Crippen LogP contribution in [0.1, 0.15) is 25.3 Å². The molecule has 1 amide bonds. The van der Waals surface area contributed by atoms with Crippen molar-refractivity contribution >= 4 is 36.0 Å². The molecule has 0 saturated heterocycles. The number of nitrogens with zero attached hydrogens (tertiary/aromatic N) is 1. The molecule has 8 heteroatoms. The summed E-state index contributed by atoms with van der Waals surface area (Å²) in [6, 6.07) is 6.34. The summed E-state index contributed by atoms with van der Waals surface area (Å²) in [7, 11) is 1.69. The lowest BCUT2D eigenvalue weighted by Crippen LogP contribution is -2.48. The van der Waals surface area contributed by atoms with Crippen molar-refractivity contribution in [3.63, 3.8) is 0 Å². The number of carbonyl (C=O) groups is 1. The van der Waals surface area contributed by atoms with E-state index in [2.05, 4.69) is 20.9 Å². The summed E-state index contributed by atoms with van der Waals surface area (Å²) in [6.07, 6.45) is 1.84. The van der Waals surface area contributed by atoms with Crippen molar-refractivity contribution in [1.29, 1.82) is 0 Å². The Balaban J connectivity index is 0.00000312. The predicted octanol–water partition coefficient (Wildman–Crippen LogP) is 2.63. The van der Waals surface area contributed by atoms with Crippen LogP contribution in [0.2, 0.25) is 0 Å². The number of rotatable bonds is 7. The van der Waals surface area contributed by atoms with E-state index in [0.717, 1.165) is 18.4 Å². The van der Waals surface area contributed by atoms with Crippen molar-refractivity contribution in [2.45, 2.75) is 32.4 Å². The number of nitrogens with one attached hydrogen (secondary N) is 3. The Morgan fingerprint density at radius 3 is 2.56 bits per heavy atom. The second kappa shape index (κ2) is 11.1. The maximum Gasteiger partial charge on any atom is 0.407 e. The van der Waals surface area contributed by atoms with Crippen molar-refractivity contribution in [3.05, 3.63) is 35.6 Å². The number of benzene rings is 1. The van der Waals surface area contributed by atoms with Gasteiger partial charge < -0.3 is 20.7 Å². The van der Waals surface area contributed by atoms with Crippen LogP contribution in [0.5, 0.6) is 0 Å². The Morgan fingerprint density at radius 1 is 1.32 bits per heavy atom. The van der Waals surface area contributed by atoms with Gasteiger partial charge in [0.1, 0.15) is 5.82 Å². The predicted molar refractivity (Wildman–Crippen MR) is 107 cm³/mol. The van der Waals surface area contributed by atoms with Crippen LogP contribution in [-0.2, 0) is 11.3 Å². The van der Waals surface area contributed by atoms with Crippen molar-refractivity contribution in [2.24, 2.45) is 10.9 Å². The number of amides is 1. The first-order chi connectivity index (χ1) is 11.6. The SMILES string of the molecule is CCOC(=O)NC(CNC(=NC)NCc1ccc(F)cc1)C1CC1.I.